The van der Waals surface area contributed by atoms with Crippen LogP contribution in [0.2, 0.25) is 0 Å². The van der Waals surface area contributed by atoms with Crippen molar-refractivity contribution in [3.8, 4) is 23.0 Å². The van der Waals surface area contributed by atoms with Crippen molar-refractivity contribution in [1.82, 2.24) is 5.32 Å². The van der Waals surface area contributed by atoms with Crippen molar-refractivity contribution in [3.05, 3.63) is 46.5 Å². The van der Waals surface area contributed by atoms with Crippen molar-refractivity contribution in [2.75, 3.05) is 35.0 Å². The monoisotopic (exact) mass is 343 g/mol. The van der Waals surface area contributed by atoms with Gasteiger partial charge in [0.15, 0.2) is 11.5 Å². The Labute approximate surface area is 148 Å². The molecule has 0 aliphatic carbocycles. The molecule has 2 aromatic carbocycles. The molecular weight excluding hydrogens is 318 g/mol. The molecule has 1 heterocycles. The van der Waals surface area contributed by atoms with E-state index < -0.39 is 0 Å². The molecule has 0 saturated carbocycles. The molecule has 0 amide bonds. The lowest BCUT2D eigenvalue weighted by Gasteiger charge is -2.30. The van der Waals surface area contributed by atoms with Crippen LogP contribution in [0.4, 0.5) is 0 Å². The van der Waals surface area contributed by atoms with E-state index in [0.29, 0.717) is 0 Å². The number of hydrogen-bond acceptors (Lipinski definition) is 5. The molecule has 1 N–H and O–H groups in total. The van der Waals surface area contributed by atoms with Gasteiger partial charge in [-0.25, -0.2) is 0 Å². The van der Waals surface area contributed by atoms with Crippen molar-refractivity contribution < 1.29 is 18.9 Å². The van der Waals surface area contributed by atoms with Gasteiger partial charge in [-0.05, 0) is 42.7 Å². The van der Waals surface area contributed by atoms with Crippen LogP contribution in [0.15, 0.2) is 24.3 Å². The minimum Gasteiger partial charge on any atom is -0.496 e. The lowest BCUT2D eigenvalue weighted by molar-refractivity contribution is 0.347. The maximum absolute atomic E-state index is 5.64. The maximum Gasteiger partial charge on any atom is 0.164 e. The largest absolute Gasteiger partial charge is 0.496 e. The number of benzene rings is 2. The Morgan fingerprint density at radius 1 is 0.840 bits per heavy atom. The van der Waals surface area contributed by atoms with Crippen LogP contribution in [0.25, 0.3) is 0 Å². The van der Waals surface area contributed by atoms with E-state index in [1.807, 2.05) is 19.1 Å². The van der Waals surface area contributed by atoms with E-state index in [1.54, 1.807) is 28.4 Å². The minimum atomic E-state index is 0.00741. The fourth-order valence-corrected chi connectivity index (χ4v) is 3.56. The van der Waals surface area contributed by atoms with Crippen LogP contribution in [0.1, 0.15) is 28.3 Å². The first-order chi connectivity index (χ1) is 12.1. The number of methoxy groups -OCH3 is 4. The molecule has 5 heteroatoms. The van der Waals surface area contributed by atoms with E-state index in [1.165, 1.54) is 11.1 Å². The van der Waals surface area contributed by atoms with E-state index in [0.717, 1.165) is 47.1 Å². The fourth-order valence-electron chi connectivity index (χ4n) is 3.56. The van der Waals surface area contributed by atoms with Gasteiger partial charge in [0.25, 0.3) is 0 Å². The van der Waals surface area contributed by atoms with Crippen molar-refractivity contribution >= 4 is 0 Å². The summed E-state index contributed by atoms with van der Waals surface area (Å²) in [5.74, 6) is 3.27. The number of rotatable bonds is 5. The van der Waals surface area contributed by atoms with E-state index in [-0.39, 0.29) is 6.04 Å². The molecule has 1 aliphatic heterocycles. The fraction of sp³-hybridized carbons (Fsp3) is 0.400. The van der Waals surface area contributed by atoms with Crippen LogP contribution < -0.4 is 24.3 Å². The zero-order chi connectivity index (χ0) is 18.0. The third kappa shape index (κ3) is 3.00. The molecule has 0 fully saturated rings. The average Bonchev–Trinajstić information content (AvgIpc) is 2.66. The van der Waals surface area contributed by atoms with E-state index in [4.69, 9.17) is 18.9 Å². The quantitative estimate of drug-likeness (QED) is 0.903. The Bertz CT molecular complexity index is 773. The Morgan fingerprint density at radius 2 is 1.56 bits per heavy atom. The molecule has 134 valence electrons. The van der Waals surface area contributed by atoms with Gasteiger partial charge in [-0.3, -0.25) is 0 Å². The van der Waals surface area contributed by atoms with Gasteiger partial charge in [-0.15, -0.1) is 0 Å². The predicted octanol–water partition coefficient (Wildman–Crippen LogP) is 3.26. The molecule has 0 bridgehead atoms. The van der Waals surface area contributed by atoms with E-state index >= 15 is 0 Å². The third-order valence-electron chi connectivity index (χ3n) is 4.78. The zero-order valence-corrected chi connectivity index (χ0v) is 15.4. The van der Waals surface area contributed by atoms with Crippen molar-refractivity contribution in [3.63, 3.8) is 0 Å². The number of nitrogens with one attached hydrogen (secondary N) is 1. The second-order valence-electron chi connectivity index (χ2n) is 6.07. The predicted molar refractivity (Wildman–Crippen MR) is 97.4 cm³/mol. The SMILES string of the molecule is COc1cc(C2NCCc3c2ccc(OC)c3OC)c(OC)cc1C. The summed E-state index contributed by atoms with van der Waals surface area (Å²) in [7, 11) is 6.74. The first-order valence-electron chi connectivity index (χ1n) is 8.34. The summed E-state index contributed by atoms with van der Waals surface area (Å²) in [6.07, 6.45) is 0.886. The number of hydrogen-bond donors (Lipinski definition) is 1. The summed E-state index contributed by atoms with van der Waals surface area (Å²) in [6, 6.07) is 8.13. The number of aryl methyl sites for hydroxylation is 1. The molecule has 0 saturated heterocycles. The molecule has 0 aromatic heterocycles. The molecule has 3 rings (SSSR count). The van der Waals surface area contributed by atoms with Gasteiger partial charge in [0.2, 0.25) is 0 Å². The Balaban J connectivity index is 2.16. The minimum absolute atomic E-state index is 0.00741. The summed E-state index contributed by atoms with van der Waals surface area (Å²) in [5.41, 5.74) is 4.45. The number of ether oxygens (including phenoxy) is 4. The van der Waals surface area contributed by atoms with E-state index in [9.17, 15) is 0 Å². The lowest BCUT2D eigenvalue weighted by Crippen LogP contribution is -2.31. The zero-order valence-electron chi connectivity index (χ0n) is 15.4. The lowest BCUT2D eigenvalue weighted by atomic mass is 9.88. The van der Waals surface area contributed by atoms with Gasteiger partial charge >= 0.3 is 0 Å². The third-order valence-corrected chi connectivity index (χ3v) is 4.78. The average molecular weight is 343 g/mol. The number of fused-ring (bicyclic) bond motifs is 1. The maximum atomic E-state index is 5.64. The van der Waals surface area contributed by atoms with Crippen LogP contribution in [-0.2, 0) is 6.42 Å². The van der Waals surface area contributed by atoms with Gasteiger partial charge in [0.1, 0.15) is 11.5 Å². The summed E-state index contributed by atoms with van der Waals surface area (Å²) < 4.78 is 22.2. The molecule has 25 heavy (non-hydrogen) atoms. The van der Waals surface area contributed by atoms with Crippen molar-refractivity contribution in [1.29, 1.82) is 0 Å². The Kier molecular flexibility index (Phi) is 5.04. The first-order valence-corrected chi connectivity index (χ1v) is 8.34. The van der Waals surface area contributed by atoms with Crippen molar-refractivity contribution in [2.45, 2.75) is 19.4 Å². The highest BCUT2D eigenvalue weighted by atomic mass is 16.5. The Hall–Kier alpha value is -2.40. The second-order valence-corrected chi connectivity index (χ2v) is 6.07. The van der Waals surface area contributed by atoms with Crippen LogP contribution in [0, 0.1) is 6.92 Å². The van der Waals surface area contributed by atoms with Gasteiger partial charge in [0, 0.05) is 17.7 Å². The summed E-state index contributed by atoms with van der Waals surface area (Å²) in [4.78, 5) is 0. The topological polar surface area (TPSA) is 49.0 Å². The summed E-state index contributed by atoms with van der Waals surface area (Å²) >= 11 is 0. The summed E-state index contributed by atoms with van der Waals surface area (Å²) in [5, 5.41) is 3.59. The molecule has 2 aromatic rings. The normalized spacial score (nSPS) is 16.1. The van der Waals surface area contributed by atoms with Crippen molar-refractivity contribution in [2.24, 2.45) is 0 Å². The van der Waals surface area contributed by atoms with Crippen LogP contribution in [0.3, 0.4) is 0 Å². The van der Waals surface area contributed by atoms with Gasteiger partial charge in [0.05, 0.1) is 34.5 Å². The highest BCUT2D eigenvalue weighted by Crippen LogP contribution is 2.42. The first kappa shape index (κ1) is 17.4. The van der Waals surface area contributed by atoms with E-state index in [2.05, 4.69) is 17.4 Å². The van der Waals surface area contributed by atoms with Gasteiger partial charge in [-0.1, -0.05) is 6.07 Å². The van der Waals surface area contributed by atoms with Gasteiger partial charge < -0.3 is 24.3 Å². The molecule has 5 nitrogen and oxygen atoms in total. The van der Waals surface area contributed by atoms with Gasteiger partial charge in [-0.2, -0.15) is 0 Å². The molecule has 1 atom stereocenters. The molecule has 1 aliphatic rings. The highest BCUT2D eigenvalue weighted by molar-refractivity contribution is 5.57. The Morgan fingerprint density at radius 3 is 2.20 bits per heavy atom. The second kappa shape index (κ2) is 7.23. The highest BCUT2D eigenvalue weighted by Gasteiger charge is 2.28. The van der Waals surface area contributed by atoms with Crippen LogP contribution >= 0.6 is 0 Å². The molecule has 0 spiro atoms. The summed E-state index contributed by atoms with van der Waals surface area (Å²) in [6.45, 7) is 2.86. The standard InChI is InChI=1S/C20H25NO4/c1-12-10-18(24-4)15(11-17(12)23-3)19-13-6-7-16(22-2)20(25-5)14(13)8-9-21-19/h6-7,10-11,19,21H,8-9H2,1-5H3. The van der Waals surface area contributed by atoms with Crippen LogP contribution in [-0.4, -0.2) is 35.0 Å². The smallest absolute Gasteiger partial charge is 0.164 e. The molecule has 1 unspecified atom stereocenters. The molecular formula is C20H25NO4. The van der Waals surface area contributed by atoms with Crippen LogP contribution in [0.5, 0.6) is 23.0 Å². The molecule has 0 radical (unpaired) electrons.